The lowest BCUT2D eigenvalue weighted by Gasteiger charge is -2.47. The number of hydrogen-bond donors (Lipinski definition) is 2. The maximum Gasteiger partial charge on any atom is 0.309 e. The molecule has 2 heterocycles. The van der Waals surface area contributed by atoms with Gasteiger partial charge in [-0.2, -0.15) is 0 Å². The number of ether oxygens (including phenoxy) is 4. The molecule has 0 aliphatic carbocycles. The van der Waals surface area contributed by atoms with Crippen LogP contribution in [0.3, 0.4) is 0 Å². The first-order chi connectivity index (χ1) is 32.1. The van der Waals surface area contributed by atoms with Crippen LogP contribution in [-0.2, 0) is 38.1 Å². The van der Waals surface area contributed by atoms with E-state index in [1.807, 2.05) is 62.4 Å². The van der Waals surface area contributed by atoms with E-state index in [-0.39, 0.29) is 37.9 Å². The van der Waals surface area contributed by atoms with Crippen LogP contribution in [0.2, 0.25) is 20.1 Å². The zero-order chi connectivity index (χ0) is 50.1. The number of morpholine rings is 2. The number of hydrogen-bond acceptors (Lipinski definition) is 10. The fraction of sp³-hybridized carbons (Fsp3) is 0.462. The molecule has 4 aromatic rings. The van der Waals surface area contributed by atoms with Crippen molar-refractivity contribution in [2.45, 2.75) is 141 Å². The van der Waals surface area contributed by atoms with E-state index in [2.05, 4.69) is 0 Å². The lowest BCUT2D eigenvalue weighted by Crippen LogP contribution is -2.56. The van der Waals surface area contributed by atoms with Gasteiger partial charge in [-0.15, -0.1) is 0 Å². The smallest absolute Gasteiger partial charge is 0.309 e. The van der Waals surface area contributed by atoms with E-state index >= 15 is 0 Å². The monoisotopic (exact) mass is 1010 g/mol. The summed E-state index contributed by atoms with van der Waals surface area (Å²) in [6, 6.07) is 26.8. The van der Waals surface area contributed by atoms with Crippen LogP contribution in [0.15, 0.2) is 97.1 Å². The minimum Gasteiger partial charge on any atom is -0.460 e. The Bertz CT molecular complexity index is 2160. The molecule has 2 aliphatic rings. The molecule has 2 fully saturated rings. The Morgan fingerprint density at radius 2 is 0.897 bits per heavy atom. The van der Waals surface area contributed by atoms with Crippen LogP contribution < -0.4 is 0 Å². The van der Waals surface area contributed by atoms with Crippen molar-refractivity contribution in [3.63, 3.8) is 0 Å². The van der Waals surface area contributed by atoms with Gasteiger partial charge in [-0.3, -0.25) is 19.2 Å². The minimum absolute atomic E-state index is 0.228. The summed E-state index contributed by atoms with van der Waals surface area (Å²) in [5.41, 5.74) is 1.72. The fourth-order valence-corrected chi connectivity index (χ4v) is 9.03. The van der Waals surface area contributed by atoms with E-state index in [1.165, 1.54) is 0 Å². The third kappa shape index (κ3) is 14.4. The van der Waals surface area contributed by atoms with Crippen molar-refractivity contribution in [1.82, 2.24) is 9.80 Å². The summed E-state index contributed by atoms with van der Waals surface area (Å²) in [5, 5.41) is 22.5. The van der Waals surface area contributed by atoms with Crippen LogP contribution in [-0.4, -0.2) is 92.5 Å². The van der Waals surface area contributed by atoms with Gasteiger partial charge in [0.2, 0.25) is 0 Å². The molecular formula is C52H62Cl4N2O10. The Morgan fingerprint density at radius 1 is 0.559 bits per heavy atom. The van der Waals surface area contributed by atoms with E-state index in [0.29, 0.717) is 32.9 Å². The van der Waals surface area contributed by atoms with Gasteiger partial charge in [0.05, 0.1) is 50.2 Å². The second-order valence-corrected chi connectivity index (χ2v) is 20.5. The zero-order valence-corrected chi connectivity index (χ0v) is 42.7. The second-order valence-electron chi connectivity index (χ2n) is 18.8. The first-order valence-corrected chi connectivity index (χ1v) is 24.2. The Hall–Kier alpha value is -4.24. The SMILES string of the molecule is CC[C@@H](CO)N1C(=O)[C@@H](CC(=O)OC(C)(C)C)O[C@@H](c2cccc(Cl)c2)[C@H]1c1ccc(Cl)cc1.CC[C@@H](CO)N1C(=O)[C@H](CC(=O)OC(C)(C)C)O[C@@H](c2cccc(Cl)c2)[C@H]1c1ccc(Cl)cc1. The topological polar surface area (TPSA) is 152 Å². The Labute approximate surface area is 419 Å². The summed E-state index contributed by atoms with van der Waals surface area (Å²) < 4.78 is 23.5. The van der Waals surface area contributed by atoms with Crippen molar-refractivity contribution in [1.29, 1.82) is 0 Å². The molecule has 12 nitrogen and oxygen atoms in total. The first-order valence-electron chi connectivity index (χ1n) is 22.7. The van der Waals surface area contributed by atoms with E-state index in [1.54, 1.807) is 99.9 Å². The van der Waals surface area contributed by atoms with Gasteiger partial charge in [0, 0.05) is 20.1 Å². The molecule has 2 saturated heterocycles. The van der Waals surface area contributed by atoms with Crippen molar-refractivity contribution in [3.05, 3.63) is 139 Å². The lowest BCUT2D eigenvalue weighted by atomic mass is 9.89. The van der Waals surface area contributed by atoms with Crippen molar-refractivity contribution >= 4 is 70.2 Å². The Balaban J connectivity index is 0.000000254. The summed E-state index contributed by atoms with van der Waals surface area (Å²) in [4.78, 5) is 55.9. The number of halogens is 4. The third-order valence-electron chi connectivity index (χ3n) is 11.3. The lowest BCUT2D eigenvalue weighted by molar-refractivity contribution is -0.188. The average molecular weight is 1020 g/mol. The number of rotatable bonds is 14. The average Bonchev–Trinajstić information content (AvgIpc) is 3.26. The van der Waals surface area contributed by atoms with E-state index in [0.717, 1.165) is 22.3 Å². The van der Waals surface area contributed by atoms with E-state index < -0.39 is 71.7 Å². The van der Waals surface area contributed by atoms with Crippen LogP contribution in [0.1, 0.15) is 128 Å². The molecule has 0 unspecified atom stereocenters. The zero-order valence-electron chi connectivity index (χ0n) is 39.7. The molecule has 0 radical (unpaired) electrons. The Kier molecular flexibility index (Phi) is 19.3. The number of aliphatic hydroxyl groups excluding tert-OH is 2. The summed E-state index contributed by atoms with van der Waals surface area (Å²) in [7, 11) is 0. The molecule has 368 valence electrons. The van der Waals surface area contributed by atoms with Crippen molar-refractivity contribution < 1.29 is 48.3 Å². The molecule has 4 aromatic carbocycles. The molecule has 2 aliphatic heterocycles. The van der Waals surface area contributed by atoms with Crippen LogP contribution in [0.5, 0.6) is 0 Å². The highest BCUT2D eigenvalue weighted by Gasteiger charge is 2.49. The van der Waals surface area contributed by atoms with Crippen molar-refractivity contribution in [2.75, 3.05) is 13.2 Å². The van der Waals surface area contributed by atoms with Crippen molar-refractivity contribution in [3.8, 4) is 0 Å². The maximum atomic E-state index is 13.7. The fourth-order valence-electron chi connectivity index (χ4n) is 8.38. The van der Waals surface area contributed by atoms with Gasteiger partial charge in [0.25, 0.3) is 11.8 Å². The normalized spacial score (nSPS) is 21.9. The van der Waals surface area contributed by atoms with Crippen LogP contribution in [0, 0.1) is 0 Å². The highest BCUT2D eigenvalue weighted by atomic mass is 35.5. The molecule has 0 saturated carbocycles. The number of esters is 2. The van der Waals surface area contributed by atoms with Gasteiger partial charge < -0.3 is 39.0 Å². The quantitative estimate of drug-likeness (QED) is 0.117. The van der Waals surface area contributed by atoms with Crippen LogP contribution in [0.25, 0.3) is 0 Å². The van der Waals surface area contributed by atoms with E-state index in [9.17, 15) is 29.4 Å². The maximum absolute atomic E-state index is 13.7. The molecule has 0 aromatic heterocycles. The van der Waals surface area contributed by atoms with Crippen molar-refractivity contribution in [2.24, 2.45) is 0 Å². The number of carbonyl (C=O) groups excluding carboxylic acids is 4. The molecule has 16 heteroatoms. The third-order valence-corrected chi connectivity index (χ3v) is 12.3. The van der Waals surface area contributed by atoms with Crippen LogP contribution in [0.4, 0.5) is 0 Å². The van der Waals surface area contributed by atoms with Gasteiger partial charge >= 0.3 is 11.9 Å². The van der Waals surface area contributed by atoms with Gasteiger partial charge in [0.1, 0.15) is 35.6 Å². The van der Waals surface area contributed by atoms with Gasteiger partial charge in [-0.05, 0) is 125 Å². The summed E-state index contributed by atoms with van der Waals surface area (Å²) >= 11 is 24.8. The molecule has 0 bridgehead atoms. The van der Waals surface area contributed by atoms with Gasteiger partial charge in [0.15, 0.2) is 0 Å². The van der Waals surface area contributed by atoms with Crippen LogP contribution >= 0.6 is 46.4 Å². The number of nitrogens with zero attached hydrogens (tertiary/aromatic N) is 2. The number of benzene rings is 4. The minimum atomic E-state index is -1.07. The standard InChI is InChI=1S/2C26H31Cl2NO5/c2*1-5-20(15-30)29-23(16-9-11-18(27)12-10-16)24(17-7-6-8-19(28)13-17)33-21(25(29)32)14-22(31)34-26(2,3)4/h2*6-13,20-21,23-24,30H,5,14-15H2,1-4H3/t20-,21+,23+,24-;20-,21-,23+,24-/m00/s1. The number of carbonyl (C=O) groups is 4. The van der Waals surface area contributed by atoms with E-state index in [4.69, 9.17) is 65.4 Å². The Morgan fingerprint density at radius 3 is 1.18 bits per heavy atom. The largest absolute Gasteiger partial charge is 0.460 e. The molecule has 6 rings (SSSR count). The molecule has 2 amide bonds. The number of amides is 2. The summed E-state index contributed by atoms with van der Waals surface area (Å²) in [5.74, 6) is -1.80. The number of aliphatic hydroxyl groups is 2. The molecule has 68 heavy (non-hydrogen) atoms. The van der Waals surface area contributed by atoms with Gasteiger partial charge in [-0.1, -0.05) is 109 Å². The molecule has 0 spiro atoms. The summed E-state index contributed by atoms with van der Waals surface area (Å²) in [6.07, 6.45) is -2.83. The first kappa shape index (κ1) is 54.7. The predicted molar refractivity (Wildman–Crippen MR) is 263 cm³/mol. The molecular weight excluding hydrogens is 954 g/mol. The molecule has 8 atom stereocenters. The highest BCUT2D eigenvalue weighted by Crippen LogP contribution is 2.46. The highest BCUT2D eigenvalue weighted by molar-refractivity contribution is 6.31. The predicted octanol–water partition coefficient (Wildman–Crippen LogP) is 11.0. The molecule has 2 N–H and O–H groups in total. The van der Waals surface area contributed by atoms with Gasteiger partial charge in [-0.25, -0.2) is 0 Å². The second kappa shape index (κ2) is 24.1. The summed E-state index contributed by atoms with van der Waals surface area (Å²) in [6.45, 7) is 14.0.